The van der Waals surface area contributed by atoms with E-state index in [1.165, 1.54) is 4.31 Å². The standard InChI is InChI=1S/C9H17NO4S/c1-7-4-3-5-10(8(7)2)15(13,14)6-9(11)12/h7-8H,3-6H2,1-2H3,(H,11,12). The molecule has 5 nitrogen and oxygen atoms in total. The summed E-state index contributed by atoms with van der Waals surface area (Å²) < 4.78 is 24.7. The van der Waals surface area contributed by atoms with Gasteiger partial charge in [0.1, 0.15) is 0 Å². The molecule has 2 unspecified atom stereocenters. The third-order valence-corrected chi connectivity index (χ3v) is 4.82. The van der Waals surface area contributed by atoms with Gasteiger partial charge in [-0.05, 0) is 25.7 Å². The first kappa shape index (κ1) is 12.4. The fourth-order valence-electron chi connectivity index (χ4n) is 1.93. The third kappa shape index (κ3) is 2.92. The number of piperidine rings is 1. The van der Waals surface area contributed by atoms with Gasteiger partial charge in [0, 0.05) is 12.6 Å². The molecule has 1 rings (SSSR count). The molecule has 6 heteroatoms. The van der Waals surface area contributed by atoms with Crippen LogP contribution >= 0.6 is 0 Å². The van der Waals surface area contributed by atoms with Crippen molar-refractivity contribution < 1.29 is 18.3 Å². The van der Waals surface area contributed by atoms with Crippen molar-refractivity contribution >= 4 is 16.0 Å². The SMILES string of the molecule is CC1CCCN(S(=O)(=O)CC(=O)O)C1C. The summed E-state index contributed by atoms with van der Waals surface area (Å²) in [7, 11) is -3.63. The van der Waals surface area contributed by atoms with E-state index in [1.54, 1.807) is 0 Å². The van der Waals surface area contributed by atoms with Crippen molar-refractivity contribution in [3.63, 3.8) is 0 Å². The number of carbonyl (C=O) groups is 1. The molecular formula is C9H17NO4S. The quantitative estimate of drug-likeness (QED) is 0.774. The minimum Gasteiger partial charge on any atom is -0.480 e. The fraction of sp³-hybridized carbons (Fsp3) is 0.889. The smallest absolute Gasteiger partial charge is 0.320 e. The Bertz CT molecular complexity index is 338. The number of hydrogen-bond acceptors (Lipinski definition) is 3. The maximum absolute atomic E-state index is 11.7. The van der Waals surface area contributed by atoms with Crippen molar-refractivity contribution in [1.82, 2.24) is 4.31 Å². The average Bonchev–Trinajstić information content (AvgIpc) is 2.07. The summed E-state index contributed by atoms with van der Waals surface area (Å²) in [6.07, 6.45) is 1.81. The molecule has 0 aromatic rings. The van der Waals surface area contributed by atoms with Gasteiger partial charge in [0.05, 0.1) is 0 Å². The number of hydrogen-bond donors (Lipinski definition) is 1. The lowest BCUT2D eigenvalue weighted by molar-refractivity contribution is -0.134. The first-order valence-corrected chi connectivity index (χ1v) is 6.67. The lowest BCUT2D eigenvalue weighted by atomic mass is 9.94. The Morgan fingerprint density at radius 3 is 2.60 bits per heavy atom. The molecule has 1 aliphatic heterocycles. The minimum atomic E-state index is -3.63. The molecule has 1 aliphatic rings. The van der Waals surface area contributed by atoms with E-state index in [2.05, 4.69) is 0 Å². The number of rotatable bonds is 3. The van der Waals surface area contributed by atoms with Crippen LogP contribution in [0.25, 0.3) is 0 Å². The molecule has 1 heterocycles. The average molecular weight is 235 g/mol. The van der Waals surface area contributed by atoms with Gasteiger partial charge in [0.15, 0.2) is 5.75 Å². The Balaban J connectivity index is 2.82. The first-order valence-electron chi connectivity index (χ1n) is 5.06. The number of carboxylic acid groups (broad SMARTS) is 1. The van der Waals surface area contributed by atoms with Crippen molar-refractivity contribution in [3.8, 4) is 0 Å². The van der Waals surface area contributed by atoms with E-state index in [1.807, 2.05) is 13.8 Å². The Kier molecular flexibility index (Phi) is 3.72. The monoisotopic (exact) mass is 235 g/mol. The van der Waals surface area contributed by atoms with Crippen LogP contribution in [-0.2, 0) is 14.8 Å². The molecule has 1 fully saturated rings. The lowest BCUT2D eigenvalue weighted by Crippen LogP contribution is -2.47. The second-order valence-electron chi connectivity index (χ2n) is 4.12. The molecule has 0 aliphatic carbocycles. The van der Waals surface area contributed by atoms with E-state index in [0.717, 1.165) is 12.8 Å². The molecule has 0 saturated carbocycles. The van der Waals surface area contributed by atoms with Crippen molar-refractivity contribution in [2.75, 3.05) is 12.3 Å². The van der Waals surface area contributed by atoms with Gasteiger partial charge in [-0.1, -0.05) is 6.92 Å². The number of carboxylic acids is 1. The van der Waals surface area contributed by atoms with E-state index in [4.69, 9.17) is 5.11 Å². The van der Waals surface area contributed by atoms with Gasteiger partial charge in [-0.2, -0.15) is 4.31 Å². The van der Waals surface area contributed by atoms with E-state index >= 15 is 0 Å². The van der Waals surface area contributed by atoms with Gasteiger partial charge in [-0.15, -0.1) is 0 Å². The van der Waals surface area contributed by atoms with Gasteiger partial charge >= 0.3 is 5.97 Å². The summed E-state index contributed by atoms with van der Waals surface area (Å²) in [4.78, 5) is 10.4. The third-order valence-electron chi connectivity index (χ3n) is 2.98. The fourth-order valence-corrected chi connectivity index (χ4v) is 3.53. The summed E-state index contributed by atoms with van der Waals surface area (Å²) in [5.41, 5.74) is 0. The highest BCUT2D eigenvalue weighted by atomic mass is 32.2. The highest BCUT2D eigenvalue weighted by molar-refractivity contribution is 7.89. The molecule has 0 aromatic heterocycles. The van der Waals surface area contributed by atoms with Crippen molar-refractivity contribution in [2.45, 2.75) is 32.7 Å². The van der Waals surface area contributed by atoms with Crippen LogP contribution < -0.4 is 0 Å². The molecule has 0 radical (unpaired) electrons. The zero-order valence-electron chi connectivity index (χ0n) is 9.01. The molecule has 88 valence electrons. The topological polar surface area (TPSA) is 74.7 Å². The maximum atomic E-state index is 11.7. The molecular weight excluding hydrogens is 218 g/mol. The summed E-state index contributed by atoms with van der Waals surface area (Å²) >= 11 is 0. The molecule has 0 aromatic carbocycles. The number of aliphatic carboxylic acids is 1. The molecule has 0 spiro atoms. The van der Waals surface area contributed by atoms with Gasteiger partial charge in [-0.25, -0.2) is 8.42 Å². The zero-order valence-corrected chi connectivity index (χ0v) is 9.83. The van der Waals surface area contributed by atoms with E-state index in [0.29, 0.717) is 12.5 Å². The van der Waals surface area contributed by atoms with Crippen LogP contribution in [-0.4, -0.2) is 42.1 Å². The van der Waals surface area contributed by atoms with Crippen LogP contribution in [0.2, 0.25) is 0 Å². The summed E-state index contributed by atoms with van der Waals surface area (Å²) in [5.74, 6) is -1.80. The van der Waals surface area contributed by atoms with E-state index in [-0.39, 0.29) is 6.04 Å². The summed E-state index contributed by atoms with van der Waals surface area (Å²) in [6, 6.07) is -0.0944. The van der Waals surface area contributed by atoms with Gasteiger partial charge in [-0.3, -0.25) is 4.79 Å². The van der Waals surface area contributed by atoms with Crippen LogP contribution in [0.4, 0.5) is 0 Å². The van der Waals surface area contributed by atoms with Crippen molar-refractivity contribution in [3.05, 3.63) is 0 Å². The van der Waals surface area contributed by atoms with Gasteiger partial charge < -0.3 is 5.11 Å². The van der Waals surface area contributed by atoms with Crippen LogP contribution in [0.5, 0.6) is 0 Å². The summed E-state index contributed by atoms with van der Waals surface area (Å²) in [6.45, 7) is 4.28. The van der Waals surface area contributed by atoms with Crippen LogP contribution in [0.15, 0.2) is 0 Å². The molecule has 0 bridgehead atoms. The molecule has 0 amide bonds. The predicted octanol–water partition coefficient (Wildman–Crippen LogP) is 0.521. The van der Waals surface area contributed by atoms with Crippen LogP contribution in [0.3, 0.4) is 0 Å². The summed E-state index contributed by atoms with van der Waals surface area (Å²) in [5, 5.41) is 8.53. The van der Waals surface area contributed by atoms with Crippen LogP contribution in [0, 0.1) is 5.92 Å². The Hall–Kier alpha value is -0.620. The highest BCUT2D eigenvalue weighted by Crippen LogP contribution is 2.25. The molecule has 2 atom stereocenters. The Morgan fingerprint density at radius 1 is 1.47 bits per heavy atom. The van der Waals surface area contributed by atoms with Gasteiger partial charge in [0.2, 0.25) is 10.0 Å². The second-order valence-corrected chi connectivity index (χ2v) is 6.04. The Labute approximate surface area is 90.1 Å². The predicted molar refractivity (Wildman–Crippen MR) is 56.0 cm³/mol. The van der Waals surface area contributed by atoms with Crippen molar-refractivity contribution in [1.29, 1.82) is 0 Å². The highest BCUT2D eigenvalue weighted by Gasteiger charge is 2.34. The normalized spacial score (nSPS) is 28.9. The Morgan fingerprint density at radius 2 is 2.07 bits per heavy atom. The molecule has 15 heavy (non-hydrogen) atoms. The van der Waals surface area contributed by atoms with E-state index < -0.39 is 21.7 Å². The van der Waals surface area contributed by atoms with Gasteiger partial charge in [0.25, 0.3) is 0 Å². The first-order chi connectivity index (χ1) is 6.84. The molecule has 1 saturated heterocycles. The minimum absolute atomic E-state index is 0.0944. The molecule has 1 N–H and O–H groups in total. The van der Waals surface area contributed by atoms with Crippen molar-refractivity contribution in [2.24, 2.45) is 5.92 Å². The largest absolute Gasteiger partial charge is 0.480 e. The maximum Gasteiger partial charge on any atom is 0.320 e. The number of nitrogens with zero attached hydrogens (tertiary/aromatic N) is 1. The zero-order chi connectivity index (χ0) is 11.6. The van der Waals surface area contributed by atoms with Crippen LogP contribution in [0.1, 0.15) is 26.7 Å². The van der Waals surface area contributed by atoms with E-state index in [9.17, 15) is 13.2 Å². The second kappa shape index (κ2) is 4.49. The number of sulfonamides is 1. The lowest BCUT2D eigenvalue weighted by Gasteiger charge is -2.36.